The highest BCUT2D eigenvalue weighted by Gasteiger charge is 2.04. The molecule has 0 aliphatic heterocycles. The van der Waals surface area contributed by atoms with Crippen LogP contribution in [0.4, 0.5) is 5.69 Å². The molecule has 1 rings (SSSR count). The molecular weight excluding hydrogens is 228 g/mol. The summed E-state index contributed by atoms with van der Waals surface area (Å²) >= 11 is 0. The number of nitrogens with two attached hydrogens (primary N) is 1. The Hall–Kier alpha value is -1.83. The first-order chi connectivity index (χ1) is 8.67. The number of rotatable bonds is 4. The lowest BCUT2D eigenvalue weighted by Gasteiger charge is -2.08. The van der Waals surface area contributed by atoms with Gasteiger partial charge in [0.25, 0.3) is 0 Å². The van der Waals surface area contributed by atoms with Crippen LogP contribution in [-0.2, 0) is 9.53 Å². The van der Waals surface area contributed by atoms with E-state index in [9.17, 15) is 4.79 Å². The fourth-order valence-corrected chi connectivity index (χ4v) is 1.42. The molecule has 1 amide bonds. The summed E-state index contributed by atoms with van der Waals surface area (Å²) in [6, 6.07) is 5.60. The Morgan fingerprint density at radius 3 is 2.89 bits per heavy atom. The van der Waals surface area contributed by atoms with Gasteiger partial charge in [-0.3, -0.25) is 4.79 Å². The Bertz CT molecular complexity index is 472. The van der Waals surface area contributed by atoms with Gasteiger partial charge in [0.05, 0.1) is 6.54 Å². The lowest BCUT2D eigenvalue weighted by Crippen LogP contribution is -2.18. The van der Waals surface area contributed by atoms with Gasteiger partial charge in [-0.1, -0.05) is 11.8 Å². The molecule has 0 bridgehead atoms. The minimum Gasteiger partial charge on any atom is -0.372 e. The number of carbonyl (C=O) groups excluding carboxylic acids is 1. The second kappa shape index (κ2) is 7.49. The second-order valence-corrected chi connectivity index (χ2v) is 3.72. The lowest BCUT2D eigenvalue weighted by molar-refractivity contribution is -0.120. The van der Waals surface area contributed by atoms with Crippen LogP contribution in [0.15, 0.2) is 18.2 Å². The van der Waals surface area contributed by atoms with Crippen molar-refractivity contribution in [1.82, 2.24) is 0 Å². The van der Waals surface area contributed by atoms with Crippen molar-refractivity contribution in [3.63, 3.8) is 0 Å². The summed E-state index contributed by atoms with van der Waals surface area (Å²) in [5.41, 5.74) is 7.94. The number of amides is 1. The summed E-state index contributed by atoms with van der Waals surface area (Å²) in [6.07, 6.45) is 0. The fraction of sp³-hybridized carbons (Fsp3) is 0.357. The van der Waals surface area contributed by atoms with Gasteiger partial charge < -0.3 is 15.8 Å². The van der Waals surface area contributed by atoms with Gasteiger partial charge in [0.15, 0.2) is 0 Å². The van der Waals surface area contributed by atoms with Crippen molar-refractivity contribution in [3.8, 4) is 11.8 Å². The number of ether oxygens (including phenoxy) is 1. The van der Waals surface area contributed by atoms with Gasteiger partial charge in [0.2, 0.25) is 5.91 Å². The van der Waals surface area contributed by atoms with E-state index in [2.05, 4.69) is 17.2 Å². The summed E-state index contributed by atoms with van der Waals surface area (Å²) < 4.78 is 5.04. The van der Waals surface area contributed by atoms with Crippen LogP contribution in [0, 0.1) is 18.8 Å². The monoisotopic (exact) mass is 246 g/mol. The molecule has 0 atom stereocenters. The Morgan fingerprint density at radius 2 is 2.28 bits per heavy atom. The maximum atomic E-state index is 11.5. The molecule has 18 heavy (non-hydrogen) atoms. The first-order valence-electron chi connectivity index (χ1n) is 5.84. The van der Waals surface area contributed by atoms with Crippen LogP contribution in [-0.4, -0.2) is 25.7 Å². The minimum absolute atomic E-state index is 0.0741. The van der Waals surface area contributed by atoms with E-state index in [4.69, 9.17) is 10.5 Å². The van der Waals surface area contributed by atoms with Gasteiger partial charge in [-0.05, 0) is 37.6 Å². The summed E-state index contributed by atoms with van der Waals surface area (Å²) in [5, 5.41) is 2.79. The molecule has 0 heterocycles. The number of hydrogen-bond donors (Lipinski definition) is 2. The Balaban J connectivity index is 2.70. The van der Waals surface area contributed by atoms with Crippen LogP contribution in [0.3, 0.4) is 0 Å². The van der Waals surface area contributed by atoms with E-state index in [-0.39, 0.29) is 12.5 Å². The Labute approximate surface area is 108 Å². The zero-order valence-corrected chi connectivity index (χ0v) is 10.7. The predicted molar refractivity (Wildman–Crippen MR) is 72.2 cm³/mol. The highest BCUT2D eigenvalue weighted by atomic mass is 16.5. The molecule has 96 valence electrons. The molecule has 0 radical (unpaired) electrons. The second-order valence-electron chi connectivity index (χ2n) is 3.72. The number of aryl methyl sites for hydroxylation is 1. The first-order valence-corrected chi connectivity index (χ1v) is 5.84. The van der Waals surface area contributed by atoms with Crippen molar-refractivity contribution < 1.29 is 9.53 Å². The number of hydrogen-bond acceptors (Lipinski definition) is 3. The quantitative estimate of drug-likeness (QED) is 0.787. The molecule has 0 saturated heterocycles. The SMILES string of the molecule is CCOCC(=O)Nc1ccc(C#CCN)cc1C. The fourth-order valence-electron chi connectivity index (χ4n) is 1.42. The third-order valence-corrected chi connectivity index (χ3v) is 2.27. The molecule has 0 unspecified atom stereocenters. The van der Waals surface area contributed by atoms with Gasteiger partial charge in [0.1, 0.15) is 6.61 Å². The molecule has 4 heteroatoms. The van der Waals surface area contributed by atoms with Crippen LogP contribution in [0.2, 0.25) is 0 Å². The van der Waals surface area contributed by atoms with Gasteiger partial charge in [-0.25, -0.2) is 0 Å². The number of carbonyl (C=O) groups is 1. The number of nitrogens with one attached hydrogen (secondary N) is 1. The molecular formula is C14H18N2O2. The number of anilines is 1. The van der Waals surface area contributed by atoms with Crippen LogP contribution in [0.1, 0.15) is 18.1 Å². The van der Waals surface area contributed by atoms with E-state index in [1.165, 1.54) is 0 Å². The van der Waals surface area contributed by atoms with Crippen LogP contribution in [0.25, 0.3) is 0 Å². The molecule has 0 fully saturated rings. The van der Waals surface area contributed by atoms with Crippen molar-refractivity contribution in [3.05, 3.63) is 29.3 Å². The van der Waals surface area contributed by atoms with Crippen LogP contribution < -0.4 is 11.1 Å². The van der Waals surface area contributed by atoms with E-state index in [0.29, 0.717) is 13.2 Å². The summed E-state index contributed by atoms with van der Waals surface area (Å²) in [4.78, 5) is 11.5. The largest absolute Gasteiger partial charge is 0.372 e. The Kier molecular flexibility index (Phi) is 5.92. The van der Waals surface area contributed by atoms with E-state index >= 15 is 0 Å². The normalized spacial score (nSPS) is 9.50. The molecule has 0 aromatic heterocycles. The summed E-state index contributed by atoms with van der Waals surface area (Å²) in [7, 11) is 0. The van der Waals surface area contributed by atoms with E-state index in [0.717, 1.165) is 16.8 Å². The van der Waals surface area contributed by atoms with Crippen molar-refractivity contribution in [2.24, 2.45) is 5.73 Å². The average molecular weight is 246 g/mol. The van der Waals surface area contributed by atoms with Gasteiger partial charge in [0, 0.05) is 17.9 Å². The molecule has 0 spiro atoms. The van der Waals surface area contributed by atoms with Crippen molar-refractivity contribution in [2.45, 2.75) is 13.8 Å². The smallest absolute Gasteiger partial charge is 0.250 e. The molecule has 0 aliphatic rings. The third-order valence-electron chi connectivity index (χ3n) is 2.27. The topological polar surface area (TPSA) is 64.3 Å². The zero-order valence-electron chi connectivity index (χ0n) is 10.7. The predicted octanol–water partition coefficient (Wildman–Crippen LogP) is 1.28. The van der Waals surface area contributed by atoms with Gasteiger partial charge in [-0.2, -0.15) is 0 Å². The highest BCUT2D eigenvalue weighted by molar-refractivity contribution is 5.92. The van der Waals surface area contributed by atoms with Crippen molar-refractivity contribution in [1.29, 1.82) is 0 Å². The average Bonchev–Trinajstić information content (AvgIpc) is 2.36. The molecule has 4 nitrogen and oxygen atoms in total. The number of benzene rings is 1. The van der Waals surface area contributed by atoms with Crippen molar-refractivity contribution in [2.75, 3.05) is 25.1 Å². The first kappa shape index (κ1) is 14.2. The van der Waals surface area contributed by atoms with Crippen LogP contribution in [0.5, 0.6) is 0 Å². The summed E-state index contributed by atoms with van der Waals surface area (Å²) in [6.45, 7) is 4.71. The molecule has 0 saturated carbocycles. The van der Waals surface area contributed by atoms with E-state index < -0.39 is 0 Å². The molecule has 1 aromatic rings. The highest BCUT2D eigenvalue weighted by Crippen LogP contribution is 2.15. The lowest BCUT2D eigenvalue weighted by atomic mass is 10.1. The third kappa shape index (κ3) is 4.58. The van der Waals surface area contributed by atoms with E-state index in [1.54, 1.807) is 0 Å². The van der Waals surface area contributed by atoms with Crippen LogP contribution >= 0.6 is 0 Å². The van der Waals surface area contributed by atoms with Gasteiger partial charge >= 0.3 is 0 Å². The molecule has 0 aliphatic carbocycles. The standard InChI is InChI=1S/C14H18N2O2/c1-3-18-10-14(17)16-13-7-6-12(5-4-8-15)9-11(13)2/h6-7,9H,3,8,10,15H2,1-2H3,(H,16,17). The Morgan fingerprint density at radius 1 is 1.50 bits per heavy atom. The minimum atomic E-state index is -0.152. The zero-order chi connectivity index (χ0) is 13.4. The maximum absolute atomic E-state index is 11.5. The van der Waals surface area contributed by atoms with Gasteiger partial charge in [-0.15, -0.1) is 0 Å². The maximum Gasteiger partial charge on any atom is 0.250 e. The molecule has 1 aromatic carbocycles. The molecule has 3 N–H and O–H groups in total. The summed E-state index contributed by atoms with van der Waals surface area (Å²) in [5.74, 6) is 5.59. The van der Waals surface area contributed by atoms with E-state index in [1.807, 2.05) is 32.0 Å². The van der Waals surface area contributed by atoms with Crippen molar-refractivity contribution >= 4 is 11.6 Å².